The van der Waals surface area contributed by atoms with Crippen molar-refractivity contribution in [3.63, 3.8) is 0 Å². The highest BCUT2D eigenvalue weighted by Crippen LogP contribution is 2.45. The standard InChI is InChI=1S/C17H17O5/c1-2-9-5-12-14(20)7-11(18)8-16(12)22-17(9)10-3-4-13(19)15(21)6-10/h3-4,6-9,17-21H,1-2,5H2/t9-,17-/m1/s1. The van der Waals surface area contributed by atoms with Crippen LogP contribution in [-0.4, -0.2) is 20.4 Å². The first-order valence-corrected chi connectivity index (χ1v) is 7.02. The smallest absolute Gasteiger partial charge is 0.157 e. The molecule has 22 heavy (non-hydrogen) atoms. The van der Waals surface area contributed by atoms with Crippen LogP contribution in [0.1, 0.15) is 23.7 Å². The van der Waals surface area contributed by atoms with E-state index in [-0.39, 0.29) is 35.0 Å². The van der Waals surface area contributed by atoms with Gasteiger partial charge in [0, 0.05) is 23.6 Å². The molecule has 0 spiro atoms. The summed E-state index contributed by atoms with van der Waals surface area (Å²) in [5.74, 6) is -0.0568. The van der Waals surface area contributed by atoms with Gasteiger partial charge >= 0.3 is 0 Å². The van der Waals surface area contributed by atoms with Crippen LogP contribution in [0, 0.1) is 12.8 Å². The third kappa shape index (κ3) is 2.39. The van der Waals surface area contributed by atoms with Gasteiger partial charge in [-0.15, -0.1) is 0 Å². The molecule has 1 radical (unpaired) electrons. The first-order chi connectivity index (χ1) is 10.5. The summed E-state index contributed by atoms with van der Waals surface area (Å²) in [5.41, 5.74) is 1.35. The van der Waals surface area contributed by atoms with E-state index in [1.165, 1.54) is 24.3 Å². The second kappa shape index (κ2) is 5.33. The molecule has 1 aliphatic heterocycles. The molecule has 3 rings (SSSR count). The molecule has 5 heteroatoms. The van der Waals surface area contributed by atoms with Crippen LogP contribution in [0.25, 0.3) is 0 Å². The topological polar surface area (TPSA) is 90.2 Å². The van der Waals surface area contributed by atoms with Gasteiger partial charge in [-0.25, -0.2) is 0 Å². The SMILES string of the molecule is [CH2]C[C@@H]1Cc2c(O)cc(O)cc2O[C@H]1c1ccc(O)c(O)c1. The van der Waals surface area contributed by atoms with Crippen molar-refractivity contribution in [2.24, 2.45) is 5.92 Å². The van der Waals surface area contributed by atoms with Crippen molar-refractivity contribution >= 4 is 0 Å². The molecule has 1 aliphatic rings. The molecule has 0 bridgehead atoms. The Labute approximate surface area is 128 Å². The van der Waals surface area contributed by atoms with Crippen LogP contribution in [0.3, 0.4) is 0 Å². The number of hydrogen-bond donors (Lipinski definition) is 4. The number of hydrogen-bond acceptors (Lipinski definition) is 5. The van der Waals surface area contributed by atoms with Gasteiger partial charge < -0.3 is 25.2 Å². The molecule has 2 atom stereocenters. The summed E-state index contributed by atoms with van der Waals surface area (Å²) in [7, 11) is 0. The third-order valence-corrected chi connectivity index (χ3v) is 4.02. The fourth-order valence-electron chi connectivity index (χ4n) is 2.84. The summed E-state index contributed by atoms with van der Waals surface area (Å²) in [6.45, 7) is 3.92. The van der Waals surface area contributed by atoms with Gasteiger partial charge in [-0.1, -0.05) is 13.0 Å². The van der Waals surface area contributed by atoms with Gasteiger partial charge in [0.05, 0.1) is 0 Å². The van der Waals surface area contributed by atoms with Gasteiger partial charge in [-0.2, -0.15) is 0 Å². The molecule has 2 aromatic carbocycles. The van der Waals surface area contributed by atoms with E-state index in [0.29, 0.717) is 29.7 Å². The van der Waals surface area contributed by atoms with Crippen molar-refractivity contribution < 1.29 is 25.2 Å². The number of aromatic hydroxyl groups is 4. The molecule has 0 saturated carbocycles. The predicted octanol–water partition coefficient (Wildman–Crippen LogP) is 3.03. The second-order valence-electron chi connectivity index (χ2n) is 5.48. The lowest BCUT2D eigenvalue weighted by Gasteiger charge is -2.34. The van der Waals surface area contributed by atoms with Crippen LogP contribution in [-0.2, 0) is 6.42 Å². The largest absolute Gasteiger partial charge is 0.508 e. The molecule has 4 N–H and O–H groups in total. The molecule has 5 nitrogen and oxygen atoms in total. The third-order valence-electron chi connectivity index (χ3n) is 4.02. The highest BCUT2D eigenvalue weighted by Gasteiger charge is 2.32. The number of rotatable bonds is 2. The van der Waals surface area contributed by atoms with E-state index < -0.39 is 0 Å². The van der Waals surface area contributed by atoms with E-state index in [9.17, 15) is 20.4 Å². The van der Waals surface area contributed by atoms with Crippen LogP contribution < -0.4 is 4.74 Å². The van der Waals surface area contributed by atoms with Gasteiger partial charge in [-0.05, 0) is 30.5 Å². The van der Waals surface area contributed by atoms with E-state index in [1.807, 2.05) is 0 Å². The first-order valence-electron chi connectivity index (χ1n) is 7.02. The zero-order chi connectivity index (χ0) is 15.9. The number of ether oxygens (including phenoxy) is 1. The van der Waals surface area contributed by atoms with Gasteiger partial charge in [0.15, 0.2) is 11.5 Å². The maximum Gasteiger partial charge on any atom is 0.157 e. The second-order valence-corrected chi connectivity index (χ2v) is 5.48. The summed E-state index contributed by atoms with van der Waals surface area (Å²) >= 11 is 0. The van der Waals surface area contributed by atoms with E-state index in [1.54, 1.807) is 6.07 Å². The minimum absolute atomic E-state index is 0.000420. The molecule has 0 aromatic heterocycles. The predicted molar refractivity (Wildman–Crippen MR) is 80.1 cm³/mol. The highest BCUT2D eigenvalue weighted by molar-refractivity contribution is 5.51. The van der Waals surface area contributed by atoms with Crippen LogP contribution in [0.5, 0.6) is 28.7 Å². The molecule has 0 unspecified atom stereocenters. The Morgan fingerprint density at radius 2 is 1.77 bits per heavy atom. The number of fused-ring (bicyclic) bond motifs is 1. The summed E-state index contributed by atoms with van der Waals surface area (Å²) in [4.78, 5) is 0. The molecule has 0 aliphatic carbocycles. The Bertz CT molecular complexity index is 710. The van der Waals surface area contributed by atoms with Crippen molar-refractivity contribution in [1.29, 1.82) is 0 Å². The monoisotopic (exact) mass is 301 g/mol. The normalized spacial score (nSPS) is 20.2. The van der Waals surface area contributed by atoms with E-state index in [4.69, 9.17) is 4.74 Å². The molecule has 0 saturated heterocycles. The first kappa shape index (κ1) is 14.4. The Morgan fingerprint density at radius 1 is 1.00 bits per heavy atom. The Hall–Kier alpha value is -2.56. The molecular weight excluding hydrogens is 284 g/mol. The summed E-state index contributed by atoms with van der Waals surface area (Å²) in [6, 6.07) is 7.28. The maximum absolute atomic E-state index is 9.95. The van der Waals surface area contributed by atoms with Crippen molar-refractivity contribution in [1.82, 2.24) is 0 Å². The Morgan fingerprint density at radius 3 is 2.45 bits per heavy atom. The van der Waals surface area contributed by atoms with E-state index >= 15 is 0 Å². The van der Waals surface area contributed by atoms with Gasteiger partial charge in [-0.3, -0.25) is 0 Å². The van der Waals surface area contributed by atoms with Crippen molar-refractivity contribution in [3.05, 3.63) is 48.4 Å². The van der Waals surface area contributed by atoms with Crippen LogP contribution in [0.2, 0.25) is 0 Å². The summed E-state index contributed by atoms with van der Waals surface area (Å²) < 4.78 is 5.93. The quantitative estimate of drug-likeness (QED) is 0.640. The van der Waals surface area contributed by atoms with Gasteiger partial charge in [0.25, 0.3) is 0 Å². The lowest BCUT2D eigenvalue weighted by atomic mass is 9.84. The molecule has 0 fully saturated rings. The summed E-state index contributed by atoms with van der Waals surface area (Å²) in [5, 5.41) is 38.7. The average molecular weight is 301 g/mol. The Kier molecular flexibility index (Phi) is 3.48. The number of phenolic OH excluding ortho intramolecular Hbond substituents is 4. The van der Waals surface area contributed by atoms with Gasteiger partial charge in [0.1, 0.15) is 23.4 Å². The lowest BCUT2D eigenvalue weighted by Crippen LogP contribution is -2.25. The fourth-order valence-corrected chi connectivity index (χ4v) is 2.84. The van der Waals surface area contributed by atoms with Crippen LogP contribution >= 0.6 is 0 Å². The molecule has 0 amide bonds. The fraction of sp³-hybridized carbons (Fsp3) is 0.235. The maximum atomic E-state index is 9.95. The minimum atomic E-state index is -0.377. The van der Waals surface area contributed by atoms with Crippen molar-refractivity contribution in [2.45, 2.75) is 18.9 Å². The van der Waals surface area contributed by atoms with Crippen molar-refractivity contribution in [3.8, 4) is 28.7 Å². The summed E-state index contributed by atoms with van der Waals surface area (Å²) in [6.07, 6.45) is 0.751. The number of benzene rings is 2. The van der Waals surface area contributed by atoms with Crippen LogP contribution in [0.15, 0.2) is 30.3 Å². The van der Waals surface area contributed by atoms with Crippen LogP contribution in [0.4, 0.5) is 0 Å². The van der Waals surface area contributed by atoms with Crippen molar-refractivity contribution in [2.75, 3.05) is 0 Å². The zero-order valence-electron chi connectivity index (χ0n) is 11.9. The van der Waals surface area contributed by atoms with E-state index in [0.717, 1.165) is 0 Å². The van der Waals surface area contributed by atoms with Gasteiger partial charge in [0.2, 0.25) is 0 Å². The zero-order valence-corrected chi connectivity index (χ0v) is 11.9. The lowest BCUT2D eigenvalue weighted by molar-refractivity contribution is 0.112. The molecule has 115 valence electrons. The molecule has 1 heterocycles. The Balaban J connectivity index is 2.02. The molecule has 2 aromatic rings. The molecular formula is C17H17O5. The minimum Gasteiger partial charge on any atom is -0.508 e. The average Bonchev–Trinajstić information content (AvgIpc) is 2.48. The van der Waals surface area contributed by atoms with E-state index in [2.05, 4.69) is 6.92 Å². The highest BCUT2D eigenvalue weighted by atomic mass is 16.5. The number of phenols is 4.